The van der Waals surface area contributed by atoms with E-state index in [-0.39, 0.29) is 38.3 Å². The first-order valence-corrected chi connectivity index (χ1v) is 32.2. The normalized spacial score (nSPS) is 19.3. The molecule has 0 N–H and O–H groups in total. The van der Waals surface area contributed by atoms with Crippen LogP contribution in [0.25, 0.3) is 71.8 Å². The summed E-state index contributed by atoms with van der Waals surface area (Å²) in [4.78, 5) is 10.0. The molecule has 4 aliphatic carbocycles. The van der Waals surface area contributed by atoms with Crippen LogP contribution >= 0.6 is 0 Å². The van der Waals surface area contributed by atoms with E-state index in [1.807, 2.05) is 0 Å². The minimum atomic E-state index is -0.124. The van der Waals surface area contributed by atoms with Crippen LogP contribution in [0.5, 0.6) is 11.5 Å². The van der Waals surface area contributed by atoms with Gasteiger partial charge in [0.25, 0.3) is 0 Å². The molecule has 4 bridgehead atoms. The Labute approximate surface area is 539 Å². The van der Waals surface area contributed by atoms with Crippen molar-refractivity contribution in [3.63, 3.8) is 0 Å². The van der Waals surface area contributed by atoms with Gasteiger partial charge >= 0.3 is 0 Å². The van der Waals surface area contributed by atoms with Crippen LogP contribution in [0.1, 0.15) is 119 Å². The third-order valence-corrected chi connectivity index (χ3v) is 20.5. The summed E-state index contributed by atoms with van der Waals surface area (Å²) in [5.41, 5.74) is 19.9. The largest absolute Gasteiger partial charge is 0.509 e. The molecule has 17 rings (SSSR count). The van der Waals surface area contributed by atoms with E-state index < -0.39 is 0 Å². The molecule has 0 unspecified atom stereocenters. The Morgan fingerprint density at radius 3 is 1.76 bits per heavy atom. The zero-order valence-corrected chi connectivity index (χ0v) is 53.8. The van der Waals surface area contributed by atoms with E-state index in [0.29, 0.717) is 29.3 Å². The van der Waals surface area contributed by atoms with Crippen molar-refractivity contribution in [3.8, 4) is 50.7 Å². The number of fused-ring (bicyclic) bond motifs is 5. The summed E-state index contributed by atoms with van der Waals surface area (Å²) in [5.74, 6) is 5.81. The van der Waals surface area contributed by atoms with Crippen LogP contribution < -0.4 is 14.5 Å². The summed E-state index contributed by atoms with van der Waals surface area (Å²) in [5, 5.41) is 4.97. The number of benzene rings is 10. The second kappa shape index (κ2) is 22.8. The quantitative estimate of drug-likeness (QED) is 0.108. The van der Waals surface area contributed by atoms with Gasteiger partial charge in [-0.05, 0) is 165 Å². The predicted molar refractivity (Wildman–Crippen MR) is 365 cm³/mol. The number of ether oxygens (including phenoxy) is 1. The standard InChI is InChI=1S/C83H73N4O.Pt/c1-52(2)60-46-73(53(3)4)81(74(47-60)54(5)6)61-44-65(85-51-86(78-34-18-17-33-77(78)85)82-69(58-21-9-7-10-22-58)29-20-30-70(82)59-23-11-8-12-24-59)49-67(45-61)88-66-35-36-72-71-28-15-16-32-76(71)87(79(72)50-66)80-48-62(37-38-84-80)83(63-40-55-39-56(42-63)43-64(83)41-55)75-31-19-26-57-25-13-14-27-68(57)75;/h7-38,44-48,51-56,63-64H,39-43H2,1-6H3;/q-3;. The molecule has 0 atom stereocenters. The van der Waals surface area contributed by atoms with E-state index >= 15 is 0 Å². The van der Waals surface area contributed by atoms with Gasteiger partial charge in [0.2, 0.25) is 0 Å². The van der Waals surface area contributed by atoms with Gasteiger partial charge in [0.1, 0.15) is 5.82 Å². The molecule has 6 heteroatoms. The maximum Gasteiger partial charge on any atom is 0.135 e. The van der Waals surface area contributed by atoms with Crippen LogP contribution in [-0.4, -0.2) is 9.55 Å². The molecule has 0 saturated heterocycles. The Morgan fingerprint density at radius 1 is 0.506 bits per heavy atom. The number of rotatable bonds is 13. The minimum absolute atomic E-state index is 0. The van der Waals surface area contributed by atoms with E-state index in [4.69, 9.17) is 9.72 Å². The Balaban J connectivity index is 0.00000663. The number of para-hydroxylation sites is 4. The van der Waals surface area contributed by atoms with Crippen molar-refractivity contribution in [3.05, 3.63) is 271 Å². The molecule has 444 valence electrons. The van der Waals surface area contributed by atoms with Gasteiger partial charge in [-0.15, -0.1) is 53.6 Å². The summed E-state index contributed by atoms with van der Waals surface area (Å²) in [6.07, 6.45) is 8.64. The topological polar surface area (TPSA) is 33.5 Å². The second-order valence-corrected chi connectivity index (χ2v) is 26.6. The summed E-state index contributed by atoms with van der Waals surface area (Å²) < 4.78 is 9.70. The predicted octanol–water partition coefficient (Wildman–Crippen LogP) is 22.2. The number of anilines is 4. The van der Waals surface area contributed by atoms with E-state index in [2.05, 4.69) is 299 Å². The van der Waals surface area contributed by atoms with Crippen LogP contribution in [0.2, 0.25) is 0 Å². The number of hydrogen-bond donors (Lipinski definition) is 0. The molecule has 5 nitrogen and oxygen atoms in total. The molecule has 2 aromatic heterocycles. The summed E-state index contributed by atoms with van der Waals surface area (Å²) in [7, 11) is 0. The van der Waals surface area contributed by atoms with Gasteiger partial charge in [-0.3, -0.25) is 0 Å². The summed E-state index contributed by atoms with van der Waals surface area (Å²) in [6, 6.07) is 88.4. The summed E-state index contributed by atoms with van der Waals surface area (Å²) in [6.45, 7) is 16.2. The number of nitrogens with zero attached hydrogens (tertiary/aromatic N) is 4. The number of aromatic nitrogens is 2. The van der Waals surface area contributed by atoms with E-state index in [9.17, 15) is 0 Å². The third kappa shape index (κ3) is 9.56. The molecule has 12 aromatic rings. The van der Waals surface area contributed by atoms with Crippen molar-refractivity contribution in [1.29, 1.82) is 0 Å². The van der Waals surface area contributed by atoms with Gasteiger partial charge in [0.15, 0.2) is 0 Å². The van der Waals surface area contributed by atoms with E-state index in [1.54, 1.807) is 0 Å². The van der Waals surface area contributed by atoms with E-state index in [0.717, 1.165) is 90.0 Å². The SMILES string of the molecule is CC(C)c1cc(C(C)C)c(-c2cc(Oc3[c-]c4c(cc3)c3ccccc3n4-c3cc(C4(c5cccc6ccccc56)C5CC6CC(C5)CC4C6)ccn3)[c-]c(N3[CH-]N(c4c(-c5ccccc5)cccc4-c4ccccc4)c4ccccc43)c2)c(C(C)C)c1.[Pt]. The second-order valence-electron chi connectivity index (χ2n) is 26.6. The summed E-state index contributed by atoms with van der Waals surface area (Å²) >= 11 is 0. The number of hydrogen-bond acceptors (Lipinski definition) is 4. The molecule has 89 heavy (non-hydrogen) atoms. The molecular formula is C83H73N4OPt-3. The van der Waals surface area contributed by atoms with Crippen LogP contribution in [-0.2, 0) is 26.5 Å². The van der Waals surface area contributed by atoms with Crippen LogP contribution in [0.15, 0.2) is 225 Å². The molecule has 3 heterocycles. The Morgan fingerprint density at radius 2 is 1.10 bits per heavy atom. The van der Waals surface area contributed by atoms with Gasteiger partial charge < -0.3 is 19.1 Å². The minimum Gasteiger partial charge on any atom is -0.509 e. The fourth-order valence-corrected chi connectivity index (χ4v) is 16.8. The maximum absolute atomic E-state index is 7.35. The monoisotopic (exact) mass is 1340 g/mol. The fourth-order valence-electron chi connectivity index (χ4n) is 16.8. The van der Waals surface area contributed by atoms with Crippen molar-refractivity contribution in [2.24, 2.45) is 23.7 Å². The third-order valence-electron chi connectivity index (χ3n) is 20.5. The zero-order chi connectivity index (χ0) is 59.4. The Kier molecular flexibility index (Phi) is 14.6. The van der Waals surface area contributed by atoms with Crippen molar-refractivity contribution < 1.29 is 25.8 Å². The van der Waals surface area contributed by atoms with E-state index in [1.165, 1.54) is 76.3 Å². The number of pyridine rings is 1. The molecule has 10 aromatic carbocycles. The first kappa shape index (κ1) is 57.0. The molecule has 4 saturated carbocycles. The Bertz CT molecular complexity index is 4540. The van der Waals surface area contributed by atoms with Gasteiger partial charge in [0.05, 0.1) is 0 Å². The van der Waals surface area contributed by atoms with Crippen molar-refractivity contribution in [1.82, 2.24) is 9.55 Å². The van der Waals surface area contributed by atoms with Gasteiger partial charge in [-0.25, -0.2) is 4.98 Å². The molecule has 1 aliphatic heterocycles. The smallest absolute Gasteiger partial charge is 0.135 e. The Hall–Kier alpha value is -8.50. The van der Waals surface area contributed by atoms with Crippen molar-refractivity contribution in [2.75, 3.05) is 9.80 Å². The average Bonchev–Trinajstić information content (AvgIpc) is 1.17. The molecule has 4 fully saturated rings. The van der Waals surface area contributed by atoms with Crippen molar-refractivity contribution >= 4 is 55.3 Å². The molecule has 0 spiro atoms. The van der Waals surface area contributed by atoms with Crippen LogP contribution in [0.3, 0.4) is 0 Å². The average molecular weight is 1340 g/mol. The fraction of sp³-hybridized carbons (Fsp3) is 0.229. The maximum atomic E-state index is 7.35. The zero-order valence-electron chi connectivity index (χ0n) is 51.5. The molecule has 0 amide bonds. The van der Waals surface area contributed by atoms with Crippen molar-refractivity contribution in [2.45, 2.75) is 96.8 Å². The molecule has 5 aliphatic rings. The first-order valence-electron chi connectivity index (χ1n) is 32.2. The van der Waals surface area contributed by atoms with Gasteiger partial charge in [-0.1, -0.05) is 211 Å². The van der Waals surface area contributed by atoms with Crippen LogP contribution in [0.4, 0.5) is 22.7 Å². The molecular weight excluding hydrogens is 1260 g/mol. The first-order chi connectivity index (χ1) is 43.1. The molecule has 0 radical (unpaired) electrons. The van der Waals surface area contributed by atoms with Gasteiger partial charge in [0, 0.05) is 77.9 Å². The van der Waals surface area contributed by atoms with Crippen LogP contribution in [0, 0.1) is 42.5 Å². The van der Waals surface area contributed by atoms with Gasteiger partial charge in [-0.2, -0.15) is 6.07 Å².